The number of nitrogens with zero attached hydrogens (tertiary/aromatic N) is 4. The second-order valence-electron chi connectivity index (χ2n) is 7.68. The SMILES string of the molecule is O=C(c1cccc([N+](=O)[O-])c1)[C@@H]1[C@@H]2C(=O)N(c3ccc(F)cc3)C(=O)[C@H]2[C@H]2C=CC=NN21. The van der Waals surface area contributed by atoms with Gasteiger partial charge in [0.05, 0.1) is 28.5 Å². The number of nitro benzene ring substituents is 1. The van der Waals surface area contributed by atoms with Crippen LogP contribution in [0.15, 0.2) is 65.8 Å². The topological polar surface area (TPSA) is 113 Å². The van der Waals surface area contributed by atoms with Crippen molar-refractivity contribution in [3.63, 3.8) is 0 Å². The van der Waals surface area contributed by atoms with Gasteiger partial charge < -0.3 is 0 Å². The fraction of sp³-hybridized carbons (Fsp3) is 0.182. The summed E-state index contributed by atoms with van der Waals surface area (Å²) in [5.41, 5.74) is 0.00627. The third-order valence-corrected chi connectivity index (χ3v) is 5.99. The molecule has 2 saturated heterocycles. The maximum absolute atomic E-state index is 13.5. The smallest absolute Gasteiger partial charge is 0.270 e. The number of carbonyl (C=O) groups excluding carboxylic acids is 3. The van der Waals surface area contributed by atoms with Crippen LogP contribution >= 0.6 is 0 Å². The Morgan fingerprint density at radius 2 is 1.78 bits per heavy atom. The zero-order valence-corrected chi connectivity index (χ0v) is 16.4. The van der Waals surface area contributed by atoms with E-state index in [2.05, 4.69) is 5.10 Å². The van der Waals surface area contributed by atoms with Crippen molar-refractivity contribution < 1.29 is 23.7 Å². The minimum atomic E-state index is -1.12. The standard InChI is InChI=1S/C22H15FN4O5/c23-13-6-8-14(9-7-13)25-21(29)17-16-5-2-10-24-26(16)19(18(17)22(25)30)20(28)12-3-1-4-15(11-12)27(31)32/h1-11,16-19H/t16-,17+,18-,19+/m1/s1. The van der Waals surface area contributed by atoms with Gasteiger partial charge in [0.1, 0.15) is 11.9 Å². The molecule has 10 heteroatoms. The van der Waals surface area contributed by atoms with E-state index in [-0.39, 0.29) is 16.9 Å². The van der Waals surface area contributed by atoms with Gasteiger partial charge in [-0.05, 0) is 30.3 Å². The zero-order chi connectivity index (χ0) is 22.6. The Kier molecular flexibility index (Phi) is 4.43. The van der Waals surface area contributed by atoms with Crippen LogP contribution in [0.2, 0.25) is 0 Å². The third kappa shape index (κ3) is 2.83. The van der Waals surface area contributed by atoms with E-state index in [0.29, 0.717) is 0 Å². The number of anilines is 1. The number of hydrogen-bond donors (Lipinski definition) is 0. The summed E-state index contributed by atoms with van der Waals surface area (Å²) in [6.45, 7) is 0. The first-order valence-electron chi connectivity index (χ1n) is 9.79. The Hall–Kier alpha value is -4.21. The van der Waals surface area contributed by atoms with Crippen LogP contribution in [-0.4, -0.2) is 45.8 Å². The van der Waals surface area contributed by atoms with Gasteiger partial charge in [0, 0.05) is 23.9 Å². The molecule has 0 aliphatic carbocycles. The number of rotatable bonds is 4. The van der Waals surface area contributed by atoms with Gasteiger partial charge in [-0.1, -0.05) is 18.2 Å². The molecule has 0 aromatic heterocycles. The number of hydrazone groups is 1. The first kappa shape index (κ1) is 19.7. The Bertz CT molecular complexity index is 1230. The summed E-state index contributed by atoms with van der Waals surface area (Å²) in [7, 11) is 0. The monoisotopic (exact) mass is 434 g/mol. The number of allylic oxidation sites excluding steroid dienone is 1. The molecule has 3 heterocycles. The average Bonchev–Trinajstić information content (AvgIpc) is 3.27. The summed E-state index contributed by atoms with van der Waals surface area (Å²) in [5, 5.41) is 16.8. The van der Waals surface area contributed by atoms with E-state index in [1.54, 1.807) is 12.2 Å². The van der Waals surface area contributed by atoms with Crippen molar-refractivity contribution in [2.24, 2.45) is 16.9 Å². The fourth-order valence-electron chi connectivity index (χ4n) is 4.63. The van der Waals surface area contributed by atoms with Crippen LogP contribution in [0.5, 0.6) is 0 Å². The molecule has 0 saturated carbocycles. The normalized spacial score (nSPS) is 25.8. The average molecular weight is 434 g/mol. The number of amides is 2. The Labute approximate surface area is 180 Å². The lowest BCUT2D eigenvalue weighted by Gasteiger charge is -2.30. The Morgan fingerprint density at radius 3 is 2.50 bits per heavy atom. The highest BCUT2D eigenvalue weighted by Crippen LogP contribution is 2.46. The van der Waals surface area contributed by atoms with Gasteiger partial charge in [0.15, 0.2) is 5.78 Å². The van der Waals surface area contributed by atoms with Crippen molar-refractivity contribution >= 4 is 35.2 Å². The quantitative estimate of drug-likeness (QED) is 0.316. The minimum absolute atomic E-state index is 0.0498. The molecule has 2 aromatic carbocycles. The van der Waals surface area contributed by atoms with Crippen LogP contribution in [-0.2, 0) is 9.59 Å². The molecule has 2 amide bonds. The number of halogens is 1. The van der Waals surface area contributed by atoms with Crippen molar-refractivity contribution in [2.45, 2.75) is 12.1 Å². The molecule has 0 unspecified atom stereocenters. The molecule has 0 N–H and O–H groups in total. The number of Topliss-reactive ketones (excluding diaryl/α,β-unsaturated/α-hetero) is 1. The second kappa shape index (κ2) is 7.19. The summed E-state index contributed by atoms with van der Waals surface area (Å²) >= 11 is 0. The van der Waals surface area contributed by atoms with Crippen molar-refractivity contribution in [3.8, 4) is 0 Å². The van der Waals surface area contributed by atoms with E-state index >= 15 is 0 Å². The zero-order valence-electron chi connectivity index (χ0n) is 16.4. The predicted octanol–water partition coefficient (Wildman–Crippen LogP) is 2.33. The van der Waals surface area contributed by atoms with E-state index in [1.807, 2.05) is 0 Å². The number of hydrogen-bond acceptors (Lipinski definition) is 7. The summed E-state index contributed by atoms with van der Waals surface area (Å²) in [6, 6.07) is 8.44. The molecular formula is C22H15FN4O5. The molecule has 2 aromatic rings. The van der Waals surface area contributed by atoms with Gasteiger partial charge in [-0.2, -0.15) is 5.10 Å². The number of ketones is 1. The van der Waals surface area contributed by atoms with Gasteiger partial charge in [0.25, 0.3) is 5.69 Å². The molecule has 160 valence electrons. The molecule has 3 aliphatic rings. The van der Waals surface area contributed by atoms with Crippen LogP contribution < -0.4 is 4.90 Å². The van der Waals surface area contributed by atoms with Gasteiger partial charge in [-0.15, -0.1) is 0 Å². The number of imide groups is 1. The molecule has 3 aliphatic heterocycles. The Balaban J connectivity index is 1.57. The van der Waals surface area contributed by atoms with Crippen molar-refractivity contribution in [1.29, 1.82) is 0 Å². The number of non-ortho nitro benzene ring substituents is 1. The number of nitro groups is 1. The summed E-state index contributed by atoms with van der Waals surface area (Å²) < 4.78 is 13.4. The first-order valence-corrected chi connectivity index (χ1v) is 9.79. The maximum Gasteiger partial charge on any atom is 0.270 e. The van der Waals surface area contributed by atoms with Crippen LogP contribution in [0.25, 0.3) is 0 Å². The van der Waals surface area contributed by atoms with Crippen molar-refractivity contribution in [3.05, 3.63) is 82.2 Å². The fourth-order valence-corrected chi connectivity index (χ4v) is 4.63. The van der Waals surface area contributed by atoms with Crippen LogP contribution in [0.1, 0.15) is 10.4 Å². The highest BCUT2D eigenvalue weighted by molar-refractivity contribution is 6.24. The summed E-state index contributed by atoms with van der Waals surface area (Å²) in [6.07, 6.45) is 4.79. The molecule has 4 atom stereocenters. The lowest BCUT2D eigenvalue weighted by atomic mass is 9.86. The molecule has 9 nitrogen and oxygen atoms in total. The van der Waals surface area contributed by atoms with E-state index in [1.165, 1.54) is 41.6 Å². The second-order valence-corrected chi connectivity index (χ2v) is 7.68. The first-order chi connectivity index (χ1) is 15.4. The molecule has 32 heavy (non-hydrogen) atoms. The molecule has 0 spiro atoms. The predicted molar refractivity (Wildman–Crippen MR) is 110 cm³/mol. The molecule has 0 radical (unpaired) electrons. The van der Waals surface area contributed by atoms with Crippen LogP contribution in [0.4, 0.5) is 15.8 Å². The lowest BCUT2D eigenvalue weighted by molar-refractivity contribution is -0.384. The third-order valence-electron chi connectivity index (χ3n) is 5.99. The van der Waals surface area contributed by atoms with Gasteiger partial charge in [0.2, 0.25) is 11.8 Å². The summed E-state index contributed by atoms with van der Waals surface area (Å²) in [4.78, 5) is 51.7. The molecule has 2 fully saturated rings. The highest BCUT2D eigenvalue weighted by Gasteiger charge is 2.64. The van der Waals surface area contributed by atoms with Crippen LogP contribution in [0.3, 0.4) is 0 Å². The van der Waals surface area contributed by atoms with E-state index in [9.17, 15) is 28.9 Å². The van der Waals surface area contributed by atoms with Crippen molar-refractivity contribution in [2.75, 3.05) is 4.90 Å². The van der Waals surface area contributed by atoms with E-state index < -0.39 is 52.3 Å². The van der Waals surface area contributed by atoms with Gasteiger partial charge in [-0.3, -0.25) is 29.5 Å². The lowest BCUT2D eigenvalue weighted by Crippen LogP contribution is -2.46. The van der Waals surface area contributed by atoms with Crippen LogP contribution in [0, 0.1) is 27.8 Å². The van der Waals surface area contributed by atoms with E-state index in [4.69, 9.17) is 0 Å². The number of carbonyl (C=O) groups is 3. The largest absolute Gasteiger partial charge is 0.292 e. The molecular weight excluding hydrogens is 419 g/mol. The number of benzene rings is 2. The maximum atomic E-state index is 13.5. The number of fused-ring (bicyclic) bond motifs is 3. The molecule has 5 rings (SSSR count). The van der Waals surface area contributed by atoms with Gasteiger partial charge >= 0.3 is 0 Å². The minimum Gasteiger partial charge on any atom is -0.292 e. The summed E-state index contributed by atoms with van der Waals surface area (Å²) in [5.74, 6) is -4.05. The molecule has 0 bridgehead atoms. The van der Waals surface area contributed by atoms with E-state index in [0.717, 1.165) is 23.1 Å². The Morgan fingerprint density at radius 1 is 1.06 bits per heavy atom. The van der Waals surface area contributed by atoms with Crippen molar-refractivity contribution in [1.82, 2.24) is 5.01 Å². The highest BCUT2D eigenvalue weighted by atomic mass is 19.1. The van der Waals surface area contributed by atoms with Gasteiger partial charge in [-0.25, -0.2) is 9.29 Å².